The lowest BCUT2D eigenvalue weighted by molar-refractivity contribution is -0.0803. The van der Waals surface area contributed by atoms with Crippen molar-refractivity contribution < 1.29 is 13.2 Å². The molecule has 2 aliphatic carbocycles. The van der Waals surface area contributed by atoms with Crippen LogP contribution >= 0.6 is 0 Å². The highest BCUT2D eigenvalue weighted by atomic mass is 19.4. The van der Waals surface area contributed by atoms with E-state index in [2.05, 4.69) is 0 Å². The zero-order valence-corrected chi connectivity index (χ0v) is 10.9. The lowest BCUT2D eigenvalue weighted by Crippen LogP contribution is -2.23. The van der Waals surface area contributed by atoms with Gasteiger partial charge in [-0.1, -0.05) is 38.2 Å². The first kappa shape index (κ1) is 14.0. The van der Waals surface area contributed by atoms with E-state index in [1.54, 1.807) is 0 Å². The molecule has 0 aromatic heterocycles. The summed E-state index contributed by atoms with van der Waals surface area (Å²) in [6.07, 6.45) is 8.66. The van der Waals surface area contributed by atoms with Crippen molar-refractivity contribution in [3.05, 3.63) is 12.2 Å². The first-order valence-electron chi connectivity index (χ1n) is 7.31. The zero-order valence-electron chi connectivity index (χ0n) is 10.9. The maximum atomic E-state index is 12.1. The second-order valence-corrected chi connectivity index (χ2v) is 5.97. The molecule has 0 spiro atoms. The molecule has 0 aromatic carbocycles. The molecule has 2 saturated carbocycles. The topological polar surface area (TPSA) is 0 Å². The van der Waals surface area contributed by atoms with Crippen LogP contribution in [-0.2, 0) is 0 Å². The quantitative estimate of drug-likeness (QED) is 0.576. The fraction of sp³-hybridized carbons (Fsp3) is 0.867. The number of halogens is 3. The van der Waals surface area contributed by atoms with Gasteiger partial charge in [0.2, 0.25) is 0 Å². The molecule has 2 fully saturated rings. The van der Waals surface area contributed by atoms with E-state index in [0.29, 0.717) is 6.08 Å². The van der Waals surface area contributed by atoms with Gasteiger partial charge in [-0.3, -0.25) is 0 Å². The largest absolute Gasteiger partial charge is 0.409 e. The van der Waals surface area contributed by atoms with E-state index in [4.69, 9.17) is 0 Å². The van der Waals surface area contributed by atoms with Gasteiger partial charge in [-0.15, -0.1) is 0 Å². The third kappa shape index (κ3) is 4.33. The van der Waals surface area contributed by atoms with Gasteiger partial charge in [0.1, 0.15) is 0 Å². The van der Waals surface area contributed by atoms with Crippen molar-refractivity contribution >= 4 is 0 Å². The van der Waals surface area contributed by atoms with Crippen LogP contribution in [0.4, 0.5) is 13.2 Å². The van der Waals surface area contributed by atoms with Crippen molar-refractivity contribution in [1.29, 1.82) is 0 Å². The predicted molar refractivity (Wildman–Crippen MR) is 67.2 cm³/mol. The van der Waals surface area contributed by atoms with Gasteiger partial charge in [-0.25, -0.2) is 0 Å². The minimum Gasteiger partial charge on any atom is -0.167 e. The Hall–Kier alpha value is -0.470. The third-order valence-electron chi connectivity index (χ3n) is 4.69. The molecule has 0 radical (unpaired) electrons. The number of hydrogen-bond donors (Lipinski definition) is 0. The Kier molecular flexibility index (Phi) is 4.74. The van der Waals surface area contributed by atoms with E-state index < -0.39 is 6.18 Å². The molecule has 0 heterocycles. The van der Waals surface area contributed by atoms with Gasteiger partial charge in [-0.2, -0.15) is 13.2 Å². The number of hydrogen-bond acceptors (Lipinski definition) is 0. The summed E-state index contributed by atoms with van der Waals surface area (Å²) in [5.41, 5.74) is 0. The lowest BCUT2D eigenvalue weighted by atomic mass is 9.71. The lowest BCUT2D eigenvalue weighted by Gasteiger charge is -2.35. The highest BCUT2D eigenvalue weighted by molar-refractivity contribution is 4.95. The van der Waals surface area contributed by atoms with Crippen LogP contribution in [0.2, 0.25) is 0 Å². The van der Waals surface area contributed by atoms with E-state index >= 15 is 0 Å². The van der Waals surface area contributed by atoms with Gasteiger partial charge >= 0.3 is 6.18 Å². The standard InChI is InChI=1S/C15H23F3/c16-15(17,18)11-10-12-6-8-14(9-7-12)13-4-2-1-3-5-13/h10-14H,1-9H2/b11-10+. The summed E-state index contributed by atoms with van der Waals surface area (Å²) in [7, 11) is 0. The van der Waals surface area contributed by atoms with E-state index in [9.17, 15) is 13.2 Å². The van der Waals surface area contributed by atoms with E-state index in [0.717, 1.165) is 37.5 Å². The van der Waals surface area contributed by atoms with Crippen LogP contribution in [0.3, 0.4) is 0 Å². The molecule has 0 saturated heterocycles. The van der Waals surface area contributed by atoms with Gasteiger partial charge in [0.15, 0.2) is 0 Å². The first-order valence-corrected chi connectivity index (χ1v) is 7.31. The monoisotopic (exact) mass is 260 g/mol. The fourth-order valence-electron chi connectivity index (χ4n) is 3.66. The Bertz CT molecular complexity index is 266. The summed E-state index contributed by atoms with van der Waals surface area (Å²) in [5.74, 6) is 1.82. The average molecular weight is 260 g/mol. The van der Waals surface area contributed by atoms with Gasteiger partial charge in [0.25, 0.3) is 0 Å². The second kappa shape index (κ2) is 6.12. The molecule has 18 heavy (non-hydrogen) atoms. The van der Waals surface area contributed by atoms with Crippen LogP contribution in [0.15, 0.2) is 12.2 Å². The van der Waals surface area contributed by atoms with Gasteiger partial charge in [0.05, 0.1) is 0 Å². The Morgan fingerprint density at radius 2 is 1.28 bits per heavy atom. The van der Waals surface area contributed by atoms with Crippen LogP contribution in [0, 0.1) is 17.8 Å². The smallest absolute Gasteiger partial charge is 0.167 e. The normalized spacial score (nSPS) is 31.9. The maximum Gasteiger partial charge on any atom is 0.409 e. The third-order valence-corrected chi connectivity index (χ3v) is 4.69. The minimum absolute atomic E-state index is 0.159. The SMILES string of the molecule is FC(F)(F)/C=C/C1CCC(C2CCCCC2)CC1. The Labute approximate surface area is 108 Å². The molecule has 0 atom stereocenters. The molecule has 0 aliphatic heterocycles. The van der Waals surface area contributed by atoms with Crippen molar-refractivity contribution in [2.24, 2.45) is 17.8 Å². The molecule has 0 unspecified atom stereocenters. The van der Waals surface area contributed by atoms with E-state index in [1.165, 1.54) is 38.2 Å². The molecule has 0 aromatic rings. The van der Waals surface area contributed by atoms with Crippen molar-refractivity contribution in [2.45, 2.75) is 64.0 Å². The molecule has 0 amide bonds. The van der Waals surface area contributed by atoms with Crippen LogP contribution in [0.1, 0.15) is 57.8 Å². The summed E-state index contributed by atoms with van der Waals surface area (Å²) < 4.78 is 36.3. The van der Waals surface area contributed by atoms with Crippen molar-refractivity contribution in [3.63, 3.8) is 0 Å². The van der Waals surface area contributed by atoms with Crippen molar-refractivity contribution in [1.82, 2.24) is 0 Å². The maximum absolute atomic E-state index is 12.1. The molecular weight excluding hydrogens is 237 g/mol. The first-order chi connectivity index (χ1) is 8.54. The molecule has 3 heteroatoms. The zero-order chi connectivity index (χ0) is 13.0. The van der Waals surface area contributed by atoms with Crippen LogP contribution in [0.25, 0.3) is 0 Å². The summed E-state index contributed by atoms with van der Waals surface area (Å²) in [5, 5.41) is 0. The Balaban J connectivity index is 1.75. The highest BCUT2D eigenvalue weighted by Gasteiger charge is 2.29. The predicted octanol–water partition coefficient (Wildman–Crippen LogP) is 5.49. The number of rotatable bonds is 2. The summed E-state index contributed by atoms with van der Waals surface area (Å²) >= 11 is 0. The van der Waals surface area contributed by atoms with Crippen molar-refractivity contribution in [3.8, 4) is 0 Å². The van der Waals surface area contributed by atoms with E-state index in [1.807, 2.05) is 0 Å². The Morgan fingerprint density at radius 1 is 0.722 bits per heavy atom. The van der Waals surface area contributed by atoms with Crippen molar-refractivity contribution in [2.75, 3.05) is 0 Å². The fourth-order valence-corrected chi connectivity index (χ4v) is 3.66. The Morgan fingerprint density at radius 3 is 1.83 bits per heavy atom. The van der Waals surface area contributed by atoms with Gasteiger partial charge < -0.3 is 0 Å². The molecule has 0 N–H and O–H groups in total. The molecule has 104 valence electrons. The second-order valence-electron chi connectivity index (χ2n) is 5.97. The summed E-state index contributed by atoms with van der Waals surface area (Å²) in [6.45, 7) is 0. The average Bonchev–Trinajstić information content (AvgIpc) is 2.37. The molecule has 2 aliphatic rings. The van der Waals surface area contributed by atoms with Gasteiger partial charge in [0, 0.05) is 6.08 Å². The highest BCUT2D eigenvalue weighted by Crippen LogP contribution is 2.40. The van der Waals surface area contributed by atoms with Crippen LogP contribution in [0.5, 0.6) is 0 Å². The molecule has 0 bridgehead atoms. The summed E-state index contributed by atoms with van der Waals surface area (Å²) in [6, 6.07) is 0. The van der Waals surface area contributed by atoms with Crippen LogP contribution in [-0.4, -0.2) is 6.18 Å². The van der Waals surface area contributed by atoms with Gasteiger partial charge in [-0.05, 0) is 43.4 Å². The molecule has 0 nitrogen and oxygen atoms in total. The number of alkyl halides is 3. The van der Waals surface area contributed by atoms with E-state index in [-0.39, 0.29) is 5.92 Å². The summed E-state index contributed by atoms with van der Waals surface area (Å²) in [4.78, 5) is 0. The van der Waals surface area contributed by atoms with Crippen LogP contribution < -0.4 is 0 Å². The molecule has 2 rings (SSSR count). The molecular formula is C15H23F3. The minimum atomic E-state index is -4.14. The number of allylic oxidation sites excluding steroid dienone is 2.